The number of benzene rings is 3. The molecule has 0 fully saturated rings. The maximum atomic E-state index is 12.5. The van der Waals surface area contributed by atoms with Gasteiger partial charge in [-0.25, -0.2) is 0 Å². The van der Waals surface area contributed by atoms with Crippen molar-refractivity contribution in [1.82, 2.24) is 0 Å². The van der Waals surface area contributed by atoms with Gasteiger partial charge in [0, 0.05) is 11.4 Å². The van der Waals surface area contributed by atoms with Gasteiger partial charge in [-0.1, -0.05) is 36.4 Å². The number of anilines is 2. The molecule has 0 heterocycles. The first kappa shape index (κ1) is 17.2. The molecule has 0 radical (unpaired) electrons. The van der Waals surface area contributed by atoms with Crippen LogP contribution in [0.3, 0.4) is 0 Å². The Kier molecular flexibility index (Phi) is 4.99. The summed E-state index contributed by atoms with van der Waals surface area (Å²) in [6.07, 6.45) is 0. The lowest BCUT2D eigenvalue weighted by atomic mass is 10.0. The average Bonchev–Trinajstić information content (AvgIpc) is 2.65. The Bertz CT molecular complexity index is 863. The van der Waals surface area contributed by atoms with Crippen molar-refractivity contribution in [3.63, 3.8) is 0 Å². The van der Waals surface area contributed by atoms with E-state index in [0.717, 1.165) is 0 Å². The number of carbonyl (C=O) groups is 2. The number of nitrogens with one attached hydrogen (secondary N) is 2. The zero-order chi connectivity index (χ0) is 18.5. The smallest absolute Gasteiger partial charge is 0.259 e. The second-order valence-electron chi connectivity index (χ2n) is 5.85. The molecule has 130 valence electrons. The van der Waals surface area contributed by atoms with E-state index in [1.54, 1.807) is 67.6 Å². The van der Waals surface area contributed by atoms with Gasteiger partial charge in [0.1, 0.15) is 5.75 Å². The van der Waals surface area contributed by atoms with Crippen LogP contribution in [0.4, 0.5) is 11.4 Å². The Hall–Kier alpha value is -3.60. The maximum Gasteiger partial charge on any atom is 0.259 e. The summed E-state index contributed by atoms with van der Waals surface area (Å²) in [6.45, 7) is 1.76. The van der Waals surface area contributed by atoms with Crippen molar-refractivity contribution in [2.24, 2.45) is 0 Å². The molecule has 2 amide bonds. The molecule has 0 saturated heterocycles. The summed E-state index contributed by atoms with van der Waals surface area (Å²) >= 11 is 0. The van der Waals surface area contributed by atoms with Crippen molar-refractivity contribution in [2.75, 3.05) is 10.6 Å². The number of para-hydroxylation sites is 2. The van der Waals surface area contributed by atoms with E-state index < -0.39 is 11.8 Å². The zero-order valence-electron chi connectivity index (χ0n) is 14.2. The quantitative estimate of drug-likeness (QED) is 0.662. The third-order valence-corrected chi connectivity index (χ3v) is 3.81. The first-order valence-electron chi connectivity index (χ1n) is 8.11. The van der Waals surface area contributed by atoms with Gasteiger partial charge in [0.25, 0.3) is 11.8 Å². The third kappa shape index (κ3) is 3.89. The predicted molar refractivity (Wildman–Crippen MR) is 102 cm³/mol. The third-order valence-electron chi connectivity index (χ3n) is 3.81. The van der Waals surface area contributed by atoms with Crippen LogP contribution < -0.4 is 10.6 Å². The number of rotatable bonds is 4. The van der Waals surface area contributed by atoms with Crippen LogP contribution in [0.25, 0.3) is 0 Å². The molecule has 0 bridgehead atoms. The minimum atomic E-state index is -0.480. The molecule has 0 aliphatic heterocycles. The molecular formula is C21H18N2O3. The van der Waals surface area contributed by atoms with Crippen LogP contribution in [0.1, 0.15) is 26.3 Å². The molecule has 0 atom stereocenters. The molecule has 0 aliphatic rings. The highest BCUT2D eigenvalue weighted by molar-refractivity contribution is 6.12. The summed E-state index contributed by atoms with van der Waals surface area (Å²) in [6, 6.07) is 20.9. The first-order chi connectivity index (χ1) is 12.5. The van der Waals surface area contributed by atoms with Crippen molar-refractivity contribution >= 4 is 23.2 Å². The highest BCUT2D eigenvalue weighted by Crippen LogP contribution is 2.26. The molecule has 0 spiro atoms. The van der Waals surface area contributed by atoms with Crippen LogP contribution in [-0.4, -0.2) is 16.9 Å². The lowest BCUT2D eigenvalue weighted by molar-refractivity contribution is 0.102. The topological polar surface area (TPSA) is 78.4 Å². The van der Waals surface area contributed by atoms with Gasteiger partial charge in [-0.2, -0.15) is 0 Å². The fourth-order valence-electron chi connectivity index (χ4n) is 2.56. The van der Waals surface area contributed by atoms with Crippen molar-refractivity contribution in [3.05, 3.63) is 89.5 Å². The zero-order valence-corrected chi connectivity index (χ0v) is 14.2. The normalized spacial score (nSPS) is 10.2. The molecule has 3 rings (SSSR count). The summed E-state index contributed by atoms with van der Waals surface area (Å²) in [4.78, 5) is 25.0. The minimum Gasteiger partial charge on any atom is -0.506 e. The molecule has 5 nitrogen and oxygen atoms in total. The largest absolute Gasteiger partial charge is 0.506 e. The Labute approximate surface area is 151 Å². The fourth-order valence-corrected chi connectivity index (χ4v) is 2.56. The van der Waals surface area contributed by atoms with Gasteiger partial charge < -0.3 is 15.7 Å². The average molecular weight is 346 g/mol. The first-order valence-corrected chi connectivity index (χ1v) is 8.11. The van der Waals surface area contributed by atoms with E-state index in [1.165, 1.54) is 0 Å². The molecule has 0 aliphatic carbocycles. The van der Waals surface area contributed by atoms with E-state index in [-0.39, 0.29) is 16.9 Å². The number of aryl methyl sites for hydroxylation is 1. The summed E-state index contributed by atoms with van der Waals surface area (Å²) in [5.41, 5.74) is 2.00. The SMILES string of the molecule is Cc1cc(C(=O)Nc2ccccc2)c(O)c(C(=O)Nc2ccccc2)c1. The van der Waals surface area contributed by atoms with Crippen molar-refractivity contribution in [1.29, 1.82) is 0 Å². The van der Waals surface area contributed by atoms with E-state index in [1.807, 2.05) is 12.1 Å². The summed E-state index contributed by atoms with van der Waals surface area (Å²) in [7, 11) is 0. The maximum absolute atomic E-state index is 12.5. The monoisotopic (exact) mass is 346 g/mol. The Balaban J connectivity index is 1.88. The van der Waals surface area contributed by atoms with Crippen LogP contribution in [-0.2, 0) is 0 Å². The number of amides is 2. The number of hydrogen-bond donors (Lipinski definition) is 3. The van der Waals surface area contributed by atoms with E-state index in [0.29, 0.717) is 16.9 Å². The number of aromatic hydroxyl groups is 1. The van der Waals surface area contributed by atoms with Gasteiger partial charge in [-0.15, -0.1) is 0 Å². The van der Waals surface area contributed by atoms with Gasteiger partial charge in [0.05, 0.1) is 11.1 Å². The second-order valence-corrected chi connectivity index (χ2v) is 5.85. The van der Waals surface area contributed by atoms with Crippen molar-refractivity contribution in [2.45, 2.75) is 6.92 Å². The second kappa shape index (κ2) is 7.53. The van der Waals surface area contributed by atoms with Gasteiger partial charge >= 0.3 is 0 Å². The number of carbonyl (C=O) groups excluding carboxylic acids is 2. The van der Waals surface area contributed by atoms with Gasteiger partial charge in [0.2, 0.25) is 0 Å². The van der Waals surface area contributed by atoms with Gasteiger partial charge in [0.15, 0.2) is 0 Å². The van der Waals surface area contributed by atoms with E-state index in [2.05, 4.69) is 10.6 Å². The van der Waals surface area contributed by atoms with Crippen LogP contribution in [0, 0.1) is 6.92 Å². The Morgan fingerprint density at radius 3 is 1.50 bits per heavy atom. The fraction of sp³-hybridized carbons (Fsp3) is 0.0476. The van der Waals surface area contributed by atoms with Gasteiger partial charge in [-0.05, 0) is 48.9 Å². The van der Waals surface area contributed by atoms with Crippen molar-refractivity contribution in [3.8, 4) is 5.75 Å². The van der Waals surface area contributed by atoms with Crippen LogP contribution in [0.2, 0.25) is 0 Å². The molecule has 5 heteroatoms. The minimum absolute atomic E-state index is 0.0482. The van der Waals surface area contributed by atoms with E-state index in [9.17, 15) is 14.7 Å². The molecule has 3 N–H and O–H groups in total. The molecule has 26 heavy (non-hydrogen) atoms. The summed E-state index contributed by atoms with van der Waals surface area (Å²) < 4.78 is 0. The highest BCUT2D eigenvalue weighted by Gasteiger charge is 2.20. The lowest BCUT2D eigenvalue weighted by Gasteiger charge is -2.12. The Morgan fingerprint density at radius 1 is 0.731 bits per heavy atom. The van der Waals surface area contributed by atoms with Gasteiger partial charge in [-0.3, -0.25) is 9.59 Å². The number of hydrogen-bond acceptors (Lipinski definition) is 3. The number of phenolic OH excluding ortho intramolecular Hbond substituents is 1. The molecule has 0 saturated carbocycles. The Morgan fingerprint density at radius 2 is 1.12 bits per heavy atom. The van der Waals surface area contributed by atoms with E-state index in [4.69, 9.17) is 0 Å². The summed E-state index contributed by atoms with van der Waals surface area (Å²) in [5, 5.41) is 15.9. The molecule has 0 unspecified atom stereocenters. The van der Waals surface area contributed by atoms with Crippen LogP contribution in [0.5, 0.6) is 5.75 Å². The summed E-state index contributed by atoms with van der Waals surface area (Å²) in [5.74, 6) is -1.31. The predicted octanol–water partition coefficient (Wildman–Crippen LogP) is 4.21. The molecule has 0 aromatic heterocycles. The molecular weight excluding hydrogens is 328 g/mol. The van der Waals surface area contributed by atoms with Crippen molar-refractivity contribution < 1.29 is 14.7 Å². The van der Waals surface area contributed by atoms with Crippen LogP contribution in [0.15, 0.2) is 72.8 Å². The standard InChI is InChI=1S/C21H18N2O3/c1-14-12-17(20(25)22-15-8-4-2-5-9-15)19(24)18(13-14)21(26)23-16-10-6-3-7-11-16/h2-13,24H,1H3,(H,22,25)(H,23,26). The lowest BCUT2D eigenvalue weighted by Crippen LogP contribution is -2.16. The highest BCUT2D eigenvalue weighted by atomic mass is 16.3. The van der Waals surface area contributed by atoms with E-state index >= 15 is 0 Å². The number of phenols is 1. The molecule has 3 aromatic rings. The van der Waals surface area contributed by atoms with Crippen LogP contribution >= 0.6 is 0 Å². The molecule has 3 aromatic carbocycles.